The molecule has 5 rings (SSSR count). The zero-order chi connectivity index (χ0) is 22.3. The van der Waals surface area contributed by atoms with Gasteiger partial charge in [0.1, 0.15) is 17.8 Å². The number of nitrogens with one attached hydrogen (secondary N) is 1. The molecule has 1 N–H and O–H groups in total. The van der Waals surface area contributed by atoms with Gasteiger partial charge in [-0.05, 0) is 13.0 Å². The second kappa shape index (κ2) is 7.72. The number of carbonyl (C=O) groups is 1. The molecule has 4 aromatic rings. The first-order valence-electron chi connectivity index (χ1n) is 10.3. The van der Waals surface area contributed by atoms with Crippen molar-refractivity contribution in [3.63, 3.8) is 0 Å². The average Bonchev–Trinajstić information content (AvgIpc) is 3.18. The molecule has 162 valence electrons. The molecule has 0 spiro atoms. The van der Waals surface area contributed by atoms with Gasteiger partial charge in [-0.2, -0.15) is 5.10 Å². The number of ether oxygens (including phenoxy) is 2. The first-order chi connectivity index (χ1) is 15.5. The summed E-state index contributed by atoms with van der Waals surface area (Å²) in [6, 6.07) is 13.7. The largest absolute Gasteiger partial charge is 0.494 e. The van der Waals surface area contributed by atoms with E-state index in [2.05, 4.69) is 20.4 Å². The number of nitrogens with zero attached hydrogens (tertiary/aromatic N) is 4. The summed E-state index contributed by atoms with van der Waals surface area (Å²) < 4.78 is 12.5. The van der Waals surface area contributed by atoms with Gasteiger partial charge in [0.25, 0.3) is 0 Å². The molecule has 2 aromatic heterocycles. The topological polar surface area (TPSA) is 91.2 Å². The van der Waals surface area contributed by atoms with Crippen LogP contribution in [0.5, 0.6) is 5.75 Å². The molecule has 0 saturated carbocycles. The van der Waals surface area contributed by atoms with Crippen LogP contribution in [0.3, 0.4) is 0 Å². The lowest BCUT2D eigenvalue weighted by atomic mass is 9.87. The second-order valence-corrected chi connectivity index (χ2v) is 8.23. The lowest BCUT2D eigenvalue weighted by Crippen LogP contribution is -2.49. The number of benzene rings is 2. The van der Waals surface area contributed by atoms with Gasteiger partial charge >= 0.3 is 0 Å². The molecule has 2 aromatic carbocycles. The molecule has 0 aliphatic carbocycles. The standard InChI is InChI=1S/C24H23N5O3/c1-24(12-32-13-24)23(30)27-19-9-16-18(10-20(19)31-3)25-14-26-22(16)17-11-29(2)28-21(17)15-7-5-4-6-8-15/h4-11,14H,12-13H2,1-3H3,(H,27,30). The SMILES string of the molecule is COc1cc2ncnc(-c3cn(C)nc3-c3ccccc3)c2cc1NC(=O)C1(C)COC1. The molecule has 0 radical (unpaired) electrons. The molecule has 0 atom stereocenters. The van der Waals surface area contributed by atoms with Crippen LogP contribution in [0.2, 0.25) is 0 Å². The van der Waals surface area contributed by atoms with E-state index in [4.69, 9.17) is 9.47 Å². The molecule has 3 heterocycles. The first kappa shape index (κ1) is 20.1. The van der Waals surface area contributed by atoms with Crippen LogP contribution in [-0.4, -0.2) is 46.0 Å². The van der Waals surface area contributed by atoms with E-state index < -0.39 is 5.41 Å². The molecule has 1 aliphatic heterocycles. The summed E-state index contributed by atoms with van der Waals surface area (Å²) in [6.45, 7) is 2.69. The van der Waals surface area contributed by atoms with Crippen LogP contribution in [0, 0.1) is 5.41 Å². The van der Waals surface area contributed by atoms with Crippen LogP contribution in [0.15, 0.2) is 55.0 Å². The number of amides is 1. The molecular weight excluding hydrogens is 406 g/mol. The highest BCUT2D eigenvalue weighted by Gasteiger charge is 2.41. The van der Waals surface area contributed by atoms with Crippen molar-refractivity contribution in [2.45, 2.75) is 6.92 Å². The van der Waals surface area contributed by atoms with Gasteiger partial charge in [-0.15, -0.1) is 0 Å². The van der Waals surface area contributed by atoms with E-state index >= 15 is 0 Å². The molecule has 8 nitrogen and oxygen atoms in total. The lowest BCUT2D eigenvalue weighted by molar-refractivity contribution is -0.151. The minimum Gasteiger partial charge on any atom is -0.494 e. The number of hydrogen-bond acceptors (Lipinski definition) is 6. The summed E-state index contributed by atoms with van der Waals surface area (Å²) in [4.78, 5) is 21.8. The van der Waals surface area contributed by atoms with Crippen molar-refractivity contribution in [2.24, 2.45) is 12.5 Å². The van der Waals surface area contributed by atoms with Crippen molar-refractivity contribution in [1.82, 2.24) is 19.7 Å². The highest BCUT2D eigenvalue weighted by atomic mass is 16.5. The third-order valence-corrected chi connectivity index (χ3v) is 5.73. The third-order valence-electron chi connectivity index (χ3n) is 5.73. The van der Waals surface area contributed by atoms with Gasteiger partial charge in [0.15, 0.2) is 0 Å². The predicted molar refractivity (Wildman–Crippen MR) is 121 cm³/mol. The van der Waals surface area contributed by atoms with Gasteiger partial charge in [0.2, 0.25) is 5.91 Å². The normalized spacial score (nSPS) is 14.7. The van der Waals surface area contributed by atoms with E-state index in [9.17, 15) is 4.79 Å². The van der Waals surface area contributed by atoms with Gasteiger partial charge in [-0.25, -0.2) is 9.97 Å². The average molecular weight is 429 g/mol. The molecule has 1 saturated heterocycles. The highest BCUT2D eigenvalue weighted by molar-refractivity contribution is 6.03. The number of hydrogen-bond donors (Lipinski definition) is 1. The van der Waals surface area contributed by atoms with Crippen LogP contribution in [-0.2, 0) is 16.6 Å². The summed E-state index contributed by atoms with van der Waals surface area (Å²) >= 11 is 0. The van der Waals surface area contributed by atoms with Gasteiger partial charge in [0, 0.05) is 35.8 Å². The van der Waals surface area contributed by atoms with Crippen LogP contribution in [0.4, 0.5) is 5.69 Å². The molecule has 32 heavy (non-hydrogen) atoms. The van der Waals surface area contributed by atoms with Crippen LogP contribution in [0.1, 0.15) is 6.92 Å². The fourth-order valence-corrected chi connectivity index (χ4v) is 3.85. The summed E-state index contributed by atoms with van der Waals surface area (Å²) in [7, 11) is 3.46. The summed E-state index contributed by atoms with van der Waals surface area (Å²) in [5.74, 6) is 0.431. The third kappa shape index (κ3) is 3.38. The zero-order valence-electron chi connectivity index (χ0n) is 18.1. The molecular formula is C24H23N5O3. The van der Waals surface area contributed by atoms with E-state index in [1.54, 1.807) is 11.8 Å². The van der Waals surface area contributed by atoms with Crippen molar-refractivity contribution in [3.8, 4) is 28.3 Å². The van der Waals surface area contributed by atoms with E-state index in [0.29, 0.717) is 30.2 Å². The monoisotopic (exact) mass is 429 g/mol. The van der Waals surface area contributed by atoms with E-state index in [-0.39, 0.29) is 5.91 Å². The predicted octanol–water partition coefficient (Wildman–Crippen LogP) is 3.68. The smallest absolute Gasteiger partial charge is 0.235 e. The van der Waals surface area contributed by atoms with E-state index in [0.717, 1.165) is 27.9 Å². The van der Waals surface area contributed by atoms with Gasteiger partial charge in [-0.1, -0.05) is 30.3 Å². The Balaban J connectivity index is 1.65. The summed E-state index contributed by atoms with van der Waals surface area (Å²) in [5.41, 5.74) is 4.18. The van der Waals surface area contributed by atoms with Gasteiger partial charge < -0.3 is 14.8 Å². The first-order valence-corrected chi connectivity index (χ1v) is 10.3. The Morgan fingerprint density at radius 3 is 2.62 bits per heavy atom. The Labute approximate surface area is 185 Å². The zero-order valence-corrected chi connectivity index (χ0v) is 18.1. The molecule has 0 unspecified atom stereocenters. The molecule has 0 bridgehead atoms. The Bertz CT molecular complexity index is 1310. The van der Waals surface area contributed by atoms with Crippen molar-refractivity contribution in [1.29, 1.82) is 0 Å². The molecule has 1 aliphatic rings. The summed E-state index contributed by atoms with van der Waals surface area (Å²) in [6.07, 6.45) is 3.48. The van der Waals surface area contributed by atoms with Crippen molar-refractivity contribution >= 4 is 22.5 Å². The number of methoxy groups -OCH3 is 1. The number of rotatable bonds is 5. The maximum absolute atomic E-state index is 12.8. The number of aromatic nitrogens is 4. The number of fused-ring (bicyclic) bond motifs is 1. The van der Waals surface area contributed by atoms with Crippen LogP contribution >= 0.6 is 0 Å². The van der Waals surface area contributed by atoms with Crippen LogP contribution < -0.4 is 10.1 Å². The van der Waals surface area contributed by atoms with Crippen LogP contribution in [0.25, 0.3) is 33.4 Å². The molecule has 8 heteroatoms. The van der Waals surface area contributed by atoms with Crippen molar-refractivity contribution in [3.05, 3.63) is 55.0 Å². The number of carbonyl (C=O) groups excluding carboxylic acids is 1. The fourth-order valence-electron chi connectivity index (χ4n) is 3.85. The highest BCUT2D eigenvalue weighted by Crippen LogP contribution is 2.38. The quantitative estimate of drug-likeness (QED) is 0.520. The molecule has 1 fully saturated rings. The Kier molecular flexibility index (Phi) is 4.86. The second-order valence-electron chi connectivity index (χ2n) is 8.23. The Hall–Kier alpha value is -3.78. The Morgan fingerprint density at radius 2 is 1.94 bits per heavy atom. The molecule has 1 amide bonds. The Morgan fingerprint density at radius 1 is 1.16 bits per heavy atom. The number of anilines is 1. The van der Waals surface area contributed by atoms with E-state index in [1.165, 1.54) is 6.33 Å². The van der Waals surface area contributed by atoms with Gasteiger partial charge in [0.05, 0.1) is 42.6 Å². The van der Waals surface area contributed by atoms with Crippen molar-refractivity contribution in [2.75, 3.05) is 25.6 Å². The summed E-state index contributed by atoms with van der Waals surface area (Å²) in [5, 5.41) is 8.47. The number of aryl methyl sites for hydroxylation is 1. The maximum atomic E-state index is 12.8. The van der Waals surface area contributed by atoms with Crippen molar-refractivity contribution < 1.29 is 14.3 Å². The van der Waals surface area contributed by atoms with Gasteiger partial charge in [-0.3, -0.25) is 9.48 Å². The lowest BCUT2D eigenvalue weighted by Gasteiger charge is -2.36. The van der Waals surface area contributed by atoms with E-state index in [1.807, 2.05) is 62.6 Å². The fraction of sp³-hybridized carbons (Fsp3) is 0.250. The maximum Gasteiger partial charge on any atom is 0.235 e. The minimum absolute atomic E-state index is 0.105. The minimum atomic E-state index is -0.542.